The number of aryl methyl sites for hydroxylation is 1. The topological polar surface area (TPSA) is 63.6 Å². The van der Waals surface area contributed by atoms with Crippen LogP contribution in [-0.4, -0.2) is 37.1 Å². The van der Waals surface area contributed by atoms with Gasteiger partial charge in [0.2, 0.25) is 5.91 Å². The molecule has 1 aromatic carbocycles. The van der Waals surface area contributed by atoms with Crippen molar-refractivity contribution in [3.8, 4) is 5.75 Å². The molecule has 0 spiro atoms. The molecule has 1 aromatic heterocycles. The molecule has 1 saturated heterocycles. The molecule has 0 radical (unpaired) electrons. The summed E-state index contributed by atoms with van der Waals surface area (Å²) < 4.78 is 7.12. The normalized spacial score (nSPS) is 14.7. The van der Waals surface area contributed by atoms with Crippen LogP contribution in [0.4, 0.5) is 5.69 Å². The number of amides is 2. The number of hydrogen-bond acceptors (Lipinski definition) is 3. The third-order valence-electron chi connectivity index (χ3n) is 4.17. The highest BCUT2D eigenvalue weighted by Gasteiger charge is 2.31. The van der Waals surface area contributed by atoms with Gasteiger partial charge in [0.1, 0.15) is 11.4 Å². The van der Waals surface area contributed by atoms with E-state index >= 15 is 0 Å². The first-order valence-electron chi connectivity index (χ1n) is 7.27. The highest BCUT2D eigenvalue weighted by atomic mass is 16.5. The predicted octanol–water partition coefficient (Wildman–Crippen LogP) is 1.67. The molecule has 1 N–H and O–H groups in total. The lowest BCUT2D eigenvalue weighted by Crippen LogP contribution is -2.29. The lowest BCUT2D eigenvalue weighted by atomic mass is 10.2. The maximum Gasteiger partial charge on any atom is 0.269 e. The third kappa shape index (κ3) is 2.03. The minimum Gasteiger partial charge on any atom is -0.497 e. The number of anilines is 1. The van der Waals surface area contributed by atoms with E-state index in [1.54, 1.807) is 19.1 Å². The first-order chi connectivity index (χ1) is 10.6. The summed E-state index contributed by atoms with van der Waals surface area (Å²) in [5.41, 5.74) is 2.08. The van der Waals surface area contributed by atoms with Crippen molar-refractivity contribution in [3.63, 3.8) is 0 Å². The Morgan fingerprint density at radius 1 is 1.36 bits per heavy atom. The molecule has 22 heavy (non-hydrogen) atoms. The predicted molar refractivity (Wildman–Crippen MR) is 84.4 cm³/mol. The molecule has 3 rings (SSSR count). The smallest absolute Gasteiger partial charge is 0.269 e. The second-order valence-corrected chi connectivity index (χ2v) is 5.37. The van der Waals surface area contributed by atoms with Gasteiger partial charge in [0, 0.05) is 32.4 Å². The molecular weight excluding hydrogens is 282 g/mol. The Morgan fingerprint density at radius 3 is 2.73 bits per heavy atom. The van der Waals surface area contributed by atoms with Gasteiger partial charge in [-0.1, -0.05) is 0 Å². The molecule has 0 atom stereocenters. The Balaban J connectivity index is 2.33. The van der Waals surface area contributed by atoms with Crippen LogP contribution < -0.4 is 15.0 Å². The van der Waals surface area contributed by atoms with Gasteiger partial charge in [-0.15, -0.1) is 0 Å². The SMILES string of the molecule is CNC(=O)c1c(N2CCCC2=O)c2cc(OC)ccc2n1C. The van der Waals surface area contributed by atoms with Gasteiger partial charge >= 0.3 is 0 Å². The summed E-state index contributed by atoms with van der Waals surface area (Å²) in [7, 11) is 5.03. The number of rotatable bonds is 3. The number of fused-ring (bicyclic) bond motifs is 1. The fourth-order valence-corrected chi connectivity index (χ4v) is 3.07. The molecule has 1 aliphatic rings. The van der Waals surface area contributed by atoms with Gasteiger partial charge in [0.05, 0.1) is 18.3 Å². The molecule has 6 heteroatoms. The van der Waals surface area contributed by atoms with Gasteiger partial charge in [-0.3, -0.25) is 9.59 Å². The molecule has 0 unspecified atom stereocenters. The number of benzene rings is 1. The quantitative estimate of drug-likeness (QED) is 0.938. The molecule has 0 saturated carbocycles. The monoisotopic (exact) mass is 301 g/mol. The van der Waals surface area contributed by atoms with E-state index in [1.165, 1.54) is 0 Å². The Labute approximate surface area is 128 Å². The number of nitrogens with zero attached hydrogens (tertiary/aromatic N) is 2. The molecular formula is C16H19N3O3. The number of hydrogen-bond donors (Lipinski definition) is 1. The zero-order chi connectivity index (χ0) is 15.9. The minimum atomic E-state index is -0.202. The van der Waals surface area contributed by atoms with Crippen LogP contribution in [-0.2, 0) is 11.8 Å². The van der Waals surface area contributed by atoms with Gasteiger partial charge in [-0.2, -0.15) is 0 Å². The Bertz CT molecular complexity index is 764. The van der Waals surface area contributed by atoms with Crippen LogP contribution >= 0.6 is 0 Å². The van der Waals surface area contributed by atoms with Gasteiger partial charge in [-0.05, 0) is 24.6 Å². The van der Waals surface area contributed by atoms with E-state index in [2.05, 4.69) is 5.32 Å². The summed E-state index contributed by atoms with van der Waals surface area (Å²) in [6.07, 6.45) is 1.33. The molecule has 2 heterocycles. The summed E-state index contributed by atoms with van der Waals surface area (Å²) in [4.78, 5) is 26.3. The van der Waals surface area contributed by atoms with Crippen molar-refractivity contribution in [3.05, 3.63) is 23.9 Å². The Kier molecular flexibility index (Phi) is 3.52. The molecule has 0 bridgehead atoms. The molecule has 6 nitrogen and oxygen atoms in total. The van der Waals surface area contributed by atoms with Crippen LogP contribution in [0.1, 0.15) is 23.3 Å². The van der Waals surface area contributed by atoms with E-state index in [4.69, 9.17) is 4.74 Å². The lowest BCUT2D eigenvalue weighted by Gasteiger charge is -2.17. The molecule has 0 aliphatic carbocycles. The zero-order valence-electron chi connectivity index (χ0n) is 13.0. The summed E-state index contributed by atoms with van der Waals surface area (Å²) in [6.45, 7) is 0.638. The van der Waals surface area contributed by atoms with Gasteiger partial charge in [0.15, 0.2) is 0 Å². The lowest BCUT2D eigenvalue weighted by molar-refractivity contribution is -0.117. The second-order valence-electron chi connectivity index (χ2n) is 5.37. The summed E-state index contributed by atoms with van der Waals surface area (Å²) in [5, 5.41) is 3.52. The van der Waals surface area contributed by atoms with Crippen molar-refractivity contribution < 1.29 is 14.3 Å². The fraction of sp³-hybridized carbons (Fsp3) is 0.375. The molecule has 2 aromatic rings. The highest BCUT2D eigenvalue weighted by Crippen LogP contribution is 2.37. The van der Waals surface area contributed by atoms with E-state index in [1.807, 2.05) is 29.8 Å². The van der Waals surface area contributed by atoms with Crippen molar-refractivity contribution in [1.82, 2.24) is 9.88 Å². The van der Waals surface area contributed by atoms with Crippen molar-refractivity contribution in [2.24, 2.45) is 7.05 Å². The summed E-state index contributed by atoms with van der Waals surface area (Å²) in [6, 6.07) is 5.64. The van der Waals surface area contributed by atoms with Crippen LogP contribution in [0, 0.1) is 0 Å². The van der Waals surface area contributed by atoms with Crippen molar-refractivity contribution in [2.75, 3.05) is 25.6 Å². The number of carbonyl (C=O) groups excluding carboxylic acids is 2. The standard InChI is InChI=1S/C16H19N3O3/c1-17-16(21)15-14(19-8-4-5-13(19)20)11-9-10(22-3)6-7-12(11)18(15)2/h6-7,9H,4-5,8H2,1-3H3,(H,17,21). The summed E-state index contributed by atoms with van der Waals surface area (Å²) in [5.74, 6) is 0.558. The largest absolute Gasteiger partial charge is 0.497 e. The van der Waals surface area contributed by atoms with Crippen molar-refractivity contribution in [1.29, 1.82) is 0 Å². The number of nitrogens with one attached hydrogen (secondary N) is 1. The van der Waals surface area contributed by atoms with Gasteiger partial charge in [-0.25, -0.2) is 0 Å². The van der Waals surface area contributed by atoms with Crippen LogP contribution in [0.5, 0.6) is 5.75 Å². The maximum atomic E-state index is 12.3. The van der Waals surface area contributed by atoms with E-state index in [0.29, 0.717) is 30.1 Å². The number of methoxy groups -OCH3 is 1. The van der Waals surface area contributed by atoms with Crippen LogP contribution in [0.3, 0.4) is 0 Å². The third-order valence-corrected chi connectivity index (χ3v) is 4.17. The zero-order valence-corrected chi connectivity index (χ0v) is 13.0. The number of aromatic nitrogens is 1. The first-order valence-corrected chi connectivity index (χ1v) is 7.27. The first kappa shape index (κ1) is 14.4. The number of carbonyl (C=O) groups is 2. The van der Waals surface area contributed by atoms with Gasteiger partial charge in [0.25, 0.3) is 5.91 Å². The Morgan fingerprint density at radius 2 is 2.14 bits per heavy atom. The minimum absolute atomic E-state index is 0.0560. The maximum absolute atomic E-state index is 12.3. The summed E-state index contributed by atoms with van der Waals surface area (Å²) >= 11 is 0. The second kappa shape index (κ2) is 5.36. The van der Waals surface area contributed by atoms with Crippen LogP contribution in [0.2, 0.25) is 0 Å². The highest BCUT2D eigenvalue weighted by molar-refractivity contribution is 6.14. The average Bonchev–Trinajstić information content (AvgIpc) is 3.07. The van der Waals surface area contributed by atoms with Crippen LogP contribution in [0.25, 0.3) is 10.9 Å². The van der Waals surface area contributed by atoms with E-state index in [0.717, 1.165) is 17.3 Å². The molecule has 1 aliphatic heterocycles. The molecule has 2 amide bonds. The van der Waals surface area contributed by atoms with E-state index in [9.17, 15) is 9.59 Å². The number of ether oxygens (including phenoxy) is 1. The Hall–Kier alpha value is -2.50. The van der Waals surface area contributed by atoms with Gasteiger partial charge < -0.3 is 19.5 Å². The average molecular weight is 301 g/mol. The van der Waals surface area contributed by atoms with E-state index < -0.39 is 0 Å². The molecule has 116 valence electrons. The van der Waals surface area contributed by atoms with Crippen LogP contribution in [0.15, 0.2) is 18.2 Å². The van der Waals surface area contributed by atoms with E-state index in [-0.39, 0.29) is 11.8 Å². The van der Waals surface area contributed by atoms with Crippen molar-refractivity contribution >= 4 is 28.4 Å². The fourth-order valence-electron chi connectivity index (χ4n) is 3.07. The van der Waals surface area contributed by atoms with Crippen molar-refractivity contribution in [2.45, 2.75) is 12.8 Å². The molecule has 1 fully saturated rings.